The highest BCUT2D eigenvalue weighted by Gasteiger charge is 2.17. The van der Waals surface area contributed by atoms with E-state index in [1.54, 1.807) is 0 Å². The number of aromatic nitrogens is 1. The van der Waals surface area contributed by atoms with Gasteiger partial charge in [-0.2, -0.15) is 0 Å². The maximum Gasteiger partial charge on any atom is 0.282 e. The number of ether oxygens (including phenoxy) is 1. The first-order chi connectivity index (χ1) is 6.06. The van der Waals surface area contributed by atoms with Gasteiger partial charge in [-0.15, -0.1) is 0 Å². The Morgan fingerprint density at radius 1 is 1.46 bits per heavy atom. The molecule has 0 spiro atoms. The third-order valence-electron chi connectivity index (χ3n) is 1.50. The molecule has 0 aliphatic heterocycles. The zero-order valence-electron chi connectivity index (χ0n) is 6.92. The topological polar surface area (TPSA) is 74.2 Å². The SMILES string of the molecule is COc1cc(N)nc(C(F)F)c1N. The highest BCUT2D eigenvalue weighted by molar-refractivity contribution is 5.60. The van der Waals surface area contributed by atoms with Crippen molar-refractivity contribution in [1.29, 1.82) is 0 Å². The average Bonchev–Trinajstić information content (AvgIpc) is 2.08. The van der Waals surface area contributed by atoms with Crippen LogP contribution < -0.4 is 16.2 Å². The van der Waals surface area contributed by atoms with Crippen molar-refractivity contribution in [1.82, 2.24) is 4.98 Å². The molecule has 0 saturated carbocycles. The zero-order chi connectivity index (χ0) is 10.0. The van der Waals surface area contributed by atoms with Crippen LogP contribution in [0.1, 0.15) is 12.1 Å². The van der Waals surface area contributed by atoms with Gasteiger partial charge in [-0.3, -0.25) is 0 Å². The van der Waals surface area contributed by atoms with Gasteiger partial charge in [0.15, 0.2) is 0 Å². The number of rotatable bonds is 2. The number of nitrogens with zero attached hydrogens (tertiary/aromatic N) is 1. The minimum absolute atomic E-state index is 0.0404. The second-order valence-electron chi connectivity index (χ2n) is 2.35. The number of pyridine rings is 1. The Morgan fingerprint density at radius 2 is 2.08 bits per heavy atom. The Morgan fingerprint density at radius 3 is 2.54 bits per heavy atom. The first kappa shape index (κ1) is 9.50. The van der Waals surface area contributed by atoms with Crippen molar-refractivity contribution < 1.29 is 13.5 Å². The van der Waals surface area contributed by atoms with Gasteiger partial charge >= 0.3 is 0 Å². The van der Waals surface area contributed by atoms with Crippen LogP contribution in [0.3, 0.4) is 0 Å². The molecule has 0 aliphatic rings. The highest BCUT2D eigenvalue weighted by atomic mass is 19.3. The van der Waals surface area contributed by atoms with Gasteiger partial charge in [0.1, 0.15) is 22.9 Å². The molecule has 1 rings (SSSR count). The molecule has 1 aromatic heterocycles. The van der Waals surface area contributed by atoms with Crippen LogP contribution in [0.15, 0.2) is 6.07 Å². The van der Waals surface area contributed by atoms with E-state index in [9.17, 15) is 8.78 Å². The van der Waals surface area contributed by atoms with E-state index in [1.165, 1.54) is 13.2 Å². The Kier molecular flexibility index (Phi) is 2.50. The summed E-state index contributed by atoms with van der Waals surface area (Å²) in [4.78, 5) is 3.40. The van der Waals surface area contributed by atoms with Crippen molar-refractivity contribution in [3.8, 4) is 5.75 Å². The number of nitrogen functional groups attached to an aromatic ring is 2. The van der Waals surface area contributed by atoms with Crippen LogP contribution in [0.4, 0.5) is 20.3 Å². The van der Waals surface area contributed by atoms with Crippen LogP contribution in [0.5, 0.6) is 5.75 Å². The van der Waals surface area contributed by atoms with Crippen molar-refractivity contribution in [2.75, 3.05) is 18.6 Å². The molecule has 0 aliphatic carbocycles. The van der Waals surface area contributed by atoms with E-state index in [0.717, 1.165) is 0 Å². The van der Waals surface area contributed by atoms with Gasteiger partial charge in [-0.1, -0.05) is 0 Å². The Bertz CT molecular complexity index is 317. The van der Waals surface area contributed by atoms with Gasteiger partial charge in [0.2, 0.25) is 0 Å². The summed E-state index contributed by atoms with van der Waals surface area (Å²) in [6.07, 6.45) is -2.75. The van der Waals surface area contributed by atoms with E-state index in [0.29, 0.717) is 0 Å². The van der Waals surface area contributed by atoms with Crippen molar-refractivity contribution >= 4 is 11.5 Å². The first-order valence-electron chi connectivity index (χ1n) is 3.44. The molecule has 0 atom stereocenters. The van der Waals surface area contributed by atoms with E-state index in [2.05, 4.69) is 4.98 Å². The average molecular weight is 189 g/mol. The maximum absolute atomic E-state index is 12.3. The Hall–Kier alpha value is -1.59. The molecule has 13 heavy (non-hydrogen) atoms. The molecule has 0 bridgehead atoms. The third kappa shape index (κ3) is 1.77. The summed E-state index contributed by atoms with van der Waals surface area (Å²) in [6.45, 7) is 0. The quantitative estimate of drug-likeness (QED) is 0.732. The van der Waals surface area contributed by atoms with Crippen LogP contribution in [0.25, 0.3) is 0 Å². The van der Waals surface area contributed by atoms with Crippen LogP contribution in [-0.4, -0.2) is 12.1 Å². The summed E-state index contributed by atoms with van der Waals surface area (Å²) in [5.74, 6) is 0.0733. The first-order valence-corrected chi connectivity index (χ1v) is 3.44. The number of methoxy groups -OCH3 is 1. The Labute approximate surface area is 73.5 Å². The fourth-order valence-electron chi connectivity index (χ4n) is 0.905. The monoisotopic (exact) mass is 189 g/mol. The minimum atomic E-state index is -2.75. The number of halogens is 2. The molecular weight excluding hydrogens is 180 g/mol. The maximum atomic E-state index is 12.3. The molecule has 4 N–H and O–H groups in total. The van der Waals surface area contributed by atoms with Crippen LogP contribution in [0, 0.1) is 0 Å². The second kappa shape index (κ2) is 3.42. The molecule has 4 nitrogen and oxygen atoms in total. The van der Waals surface area contributed by atoms with Gasteiger partial charge in [0.05, 0.1) is 7.11 Å². The van der Waals surface area contributed by atoms with Crippen molar-refractivity contribution in [3.05, 3.63) is 11.8 Å². The van der Waals surface area contributed by atoms with Gasteiger partial charge in [-0.25, -0.2) is 13.8 Å². The van der Waals surface area contributed by atoms with Crippen LogP contribution >= 0.6 is 0 Å². The lowest BCUT2D eigenvalue weighted by Gasteiger charge is -2.09. The molecule has 0 amide bonds. The second-order valence-corrected chi connectivity index (χ2v) is 2.35. The lowest BCUT2D eigenvalue weighted by atomic mass is 10.3. The lowest BCUT2D eigenvalue weighted by molar-refractivity contribution is 0.147. The summed E-state index contributed by atoms with van der Waals surface area (Å²) in [5.41, 5.74) is 9.88. The molecule has 1 heterocycles. The number of alkyl halides is 2. The van der Waals surface area contributed by atoms with Gasteiger partial charge in [0, 0.05) is 6.07 Å². The van der Waals surface area contributed by atoms with Gasteiger partial charge in [-0.05, 0) is 0 Å². The lowest BCUT2D eigenvalue weighted by Crippen LogP contribution is -2.04. The molecule has 0 aromatic carbocycles. The molecule has 0 fully saturated rings. The van der Waals surface area contributed by atoms with E-state index in [4.69, 9.17) is 16.2 Å². The number of nitrogens with two attached hydrogens (primary N) is 2. The third-order valence-corrected chi connectivity index (χ3v) is 1.50. The van der Waals surface area contributed by atoms with E-state index in [-0.39, 0.29) is 17.3 Å². The summed E-state index contributed by atoms with van der Waals surface area (Å²) in [7, 11) is 1.32. The Balaban J connectivity index is 3.27. The number of anilines is 2. The number of hydrogen-bond acceptors (Lipinski definition) is 4. The largest absolute Gasteiger partial charge is 0.494 e. The standard InChI is InChI=1S/C7H9F2N3O/c1-13-3-2-4(10)12-6(5(3)11)7(8)9/h2,7H,11H2,1H3,(H2,10,12). The van der Waals surface area contributed by atoms with Crippen molar-refractivity contribution in [2.24, 2.45) is 0 Å². The summed E-state index contributed by atoms with van der Waals surface area (Å²) in [5, 5.41) is 0. The van der Waals surface area contributed by atoms with Crippen LogP contribution in [-0.2, 0) is 0 Å². The molecule has 6 heteroatoms. The van der Waals surface area contributed by atoms with Gasteiger partial charge in [0.25, 0.3) is 6.43 Å². The van der Waals surface area contributed by atoms with E-state index >= 15 is 0 Å². The van der Waals surface area contributed by atoms with E-state index in [1.807, 2.05) is 0 Å². The van der Waals surface area contributed by atoms with Gasteiger partial charge < -0.3 is 16.2 Å². The summed E-state index contributed by atoms with van der Waals surface area (Å²) < 4.78 is 29.3. The predicted octanol–water partition coefficient (Wildman–Crippen LogP) is 1.19. The fourth-order valence-corrected chi connectivity index (χ4v) is 0.905. The highest BCUT2D eigenvalue weighted by Crippen LogP contribution is 2.31. The number of hydrogen-bond donors (Lipinski definition) is 2. The molecule has 72 valence electrons. The molecule has 1 aromatic rings. The molecule has 0 radical (unpaired) electrons. The smallest absolute Gasteiger partial charge is 0.282 e. The summed E-state index contributed by atoms with van der Waals surface area (Å²) in [6, 6.07) is 1.29. The van der Waals surface area contributed by atoms with Crippen molar-refractivity contribution in [2.45, 2.75) is 6.43 Å². The molecule has 0 saturated heterocycles. The molecular formula is C7H9F2N3O. The van der Waals surface area contributed by atoms with Crippen LogP contribution in [0.2, 0.25) is 0 Å². The summed E-state index contributed by atoms with van der Waals surface area (Å²) >= 11 is 0. The zero-order valence-corrected chi connectivity index (χ0v) is 6.92. The fraction of sp³-hybridized carbons (Fsp3) is 0.286. The predicted molar refractivity (Wildman–Crippen MR) is 44.6 cm³/mol. The minimum Gasteiger partial charge on any atom is -0.494 e. The van der Waals surface area contributed by atoms with Crippen molar-refractivity contribution in [3.63, 3.8) is 0 Å². The molecule has 0 unspecified atom stereocenters. The normalized spacial score (nSPS) is 10.5. The van der Waals surface area contributed by atoms with E-state index < -0.39 is 12.1 Å².